The number of hydrogen-bond acceptors (Lipinski definition) is 6. The van der Waals surface area contributed by atoms with Gasteiger partial charge in [0.25, 0.3) is 5.91 Å². The van der Waals surface area contributed by atoms with Gasteiger partial charge in [-0.25, -0.2) is 4.98 Å². The van der Waals surface area contributed by atoms with E-state index in [1.807, 2.05) is 36.4 Å². The highest BCUT2D eigenvalue weighted by molar-refractivity contribution is 7.17. The fourth-order valence-corrected chi connectivity index (χ4v) is 5.02. The number of anilines is 1. The molecule has 3 heterocycles. The summed E-state index contributed by atoms with van der Waals surface area (Å²) in [4.78, 5) is 22.0. The number of nitrogens with one attached hydrogen (secondary N) is 1. The quantitative estimate of drug-likeness (QED) is 0.298. The van der Waals surface area contributed by atoms with Gasteiger partial charge in [-0.05, 0) is 25.1 Å². The van der Waals surface area contributed by atoms with E-state index in [2.05, 4.69) is 15.3 Å². The average Bonchev–Trinajstić information content (AvgIpc) is 3.36. The van der Waals surface area contributed by atoms with Crippen LogP contribution in [0.25, 0.3) is 32.5 Å². The Balaban J connectivity index is 1.62. The summed E-state index contributed by atoms with van der Waals surface area (Å²) >= 11 is 13.6. The number of carbonyl (C=O) groups is 1. The van der Waals surface area contributed by atoms with Crippen molar-refractivity contribution in [3.8, 4) is 16.3 Å². The van der Waals surface area contributed by atoms with Crippen molar-refractivity contribution in [1.29, 1.82) is 0 Å². The Labute approximate surface area is 196 Å². The molecule has 0 saturated carbocycles. The molecule has 1 N–H and O–H groups in total. The van der Waals surface area contributed by atoms with Crippen LogP contribution < -0.4 is 10.1 Å². The van der Waals surface area contributed by atoms with E-state index in [0.29, 0.717) is 32.6 Å². The largest absolute Gasteiger partial charge is 0.493 e. The first kappa shape index (κ1) is 20.8. The third-order valence-corrected chi connectivity index (χ3v) is 6.80. The molecule has 0 aliphatic carbocycles. The molecule has 0 aliphatic rings. The Morgan fingerprint density at radius 3 is 2.62 bits per heavy atom. The van der Waals surface area contributed by atoms with Crippen LogP contribution in [0.1, 0.15) is 15.4 Å². The van der Waals surface area contributed by atoms with Gasteiger partial charge < -0.3 is 14.5 Å². The number of fused-ring (bicyclic) bond motifs is 3. The molecule has 0 saturated heterocycles. The first-order chi connectivity index (χ1) is 15.5. The van der Waals surface area contributed by atoms with Gasteiger partial charge in [-0.2, -0.15) is 0 Å². The third-order valence-electron chi connectivity index (χ3n) is 5.04. The summed E-state index contributed by atoms with van der Waals surface area (Å²) in [6.07, 6.45) is 2.85. The Morgan fingerprint density at radius 2 is 1.88 bits per heavy atom. The van der Waals surface area contributed by atoms with Crippen LogP contribution >= 0.6 is 34.5 Å². The van der Waals surface area contributed by atoms with Crippen molar-refractivity contribution >= 4 is 68.1 Å². The fraction of sp³-hybridized carbons (Fsp3) is 0.0870. The lowest BCUT2D eigenvalue weighted by Crippen LogP contribution is -2.12. The highest BCUT2D eigenvalue weighted by atomic mass is 35.5. The molecular formula is C23H15Cl2N3O3S. The molecule has 2 aromatic carbocycles. The normalized spacial score (nSPS) is 11.2. The molecule has 0 atom stereocenters. The molecule has 0 bridgehead atoms. The van der Waals surface area contributed by atoms with Gasteiger partial charge in [0.15, 0.2) is 11.3 Å². The minimum absolute atomic E-state index is 0.259. The molecule has 0 unspecified atom stereocenters. The van der Waals surface area contributed by atoms with Crippen molar-refractivity contribution in [2.45, 2.75) is 6.92 Å². The summed E-state index contributed by atoms with van der Waals surface area (Å²) in [5.41, 5.74) is 3.16. The first-order valence-corrected chi connectivity index (χ1v) is 11.1. The molecule has 0 aliphatic heterocycles. The number of rotatable bonds is 4. The number of aryl methyl sites for hydroxylation is 1. The monoisotopic (exact) mass is 483 g/mol. The van der Waals surface area contributed by atoms with Crippen LogP contribution in [-0.2, 0) is 0 Å². The smallest absolute Gasteiger partial charge is 0.267 e. The molecule has 3 aromatic heterocycles. The Kier molecular flexibility index (Phi) is 5.25. The summed E-state index contributed by atoms with van der Waals surface area (Å²) in [6.45, 7) is 1.79. The minimum Gasteiger partial charge on any atom is -0.493 e. The lowest BCUT2D eigenvalue weighted by Gasteiger charge is -2.07. The second-order valence-corrected chi connectivity index (χ2v) is 8.80. The molecular weight excluding hydrogens is 469 g/mol. The van der Waals surface area contributed by atoms with Gasteiger partial charge in [0.2, 0.25) is 0 Å². The van der Waals surface area contributed by atoms with Gasteiger partial charge in [0.1, 0.15) is 15.5 Å². The second kappa shape index (κ2) is 8.09. The molecule has 6 nitrogen and oxygen atoms in total. The number of pyridine rings is 1. The maximum atomic E-state index is 13.0. The number of methoxy groups -OCH3 is 1. The number of thiazole rings is 1. The average molecular weight is 484 g/mol. The van der Waals surface area contributed by atoms with E-state index in [4.69, 9.17) is 32.4 Å². The number of carbonyl (C=O) groups excluding carboxylic acids is 1. The van der Waals surface area contributed by atoms with Gasteiger partial charge in [-0.1, -0.05) is 41.4 Å². The zero-order valence-electron chi connectivity index (χ0n) is 16.9. The first-order valence-electron chi connectivity index (χ1n) is 9.54. The molecule has 0 radical (unpaired) electrons. The summed E-state index contributed by atoms with van der Waals surface area (Å²) in [6, 6.07) is 11.5. The summed E-state index contributed by atoms with van der Waals surface area (Å²) in [5.74, 6) is 0.288. The minimum atomic E-state index is -0.344. The van der Waals surface area contributed by atoms with Crippen LogP contribution in [0.3, 0.4) is 0 Å². The number of aromatic nitrogens is 2. The molecule has 0 spiro atoms. The number of para-hydroxylation sites is 1. The van der Waals surface area contributed by atoms with Gasteiger partial charge in [0, 0.05) is 28.7 Å². The molecule has 32 heavy (non-hydrogen) atoms. The van der Waals surface area contributed by atoms with Gasteiger partial charge in [-0.15, -0.1) is 11.3 Å². The highest BCUT2D eigenvalue weighted by Crippen LogP contribution is 2.42. The van der Waals surface area contributed by atoms with E-state index >= 15 is 0 Å². The van der Waals surface area contributed by atoms with Crippen molar-refractivity contribution in [2.75, 3.05) is 12.4 Å². The summed E-state index contributed by atoms with van der Waals surface area (Å²) in [5, 5.41) is 5.82. The number of nitrogens with zero attached hydrogens (tertiary/aromatic N) is 2. The maximum Gasteiger partial charge on any atom is 0.267 e. The molecule has 5 aromatic rings. The molecule has 0 fully saturated rings. The lowest BCUT2D eigenvalue weighted by molar-refractivity contribution is 0.103. The Hall–Kier alpha value is -3.13. The van der Waals surface area contributed by atoms with Crippen LogP contribution in [0.5, 0.6) is 5.75 Å². The van der Waals surface area contributed by atoms with Crippen molar-refractivity contribution in [3.05, 3.63) is 69.4 Å². The fourth-order valence-electron chi connectivity index (χ4n) is 3.57. The molecule has 9 heteroatoms. The number of amides is 1. The van der Waals surface area contributed by atoms with Crippen LogP contribution in [0.2, 0.25) is 10.0 Å². The molecule has 160 valence electrons. The van der Waals surface area contributed by atoms with E-state index in [1.54, 1.807) is 14.0 Å². The molecule has 1 amide bonds. The Morgan fingerprint density at radius 1 is 1.12 bits per heavy atom. The third kappa shape index (κ3) is 3.39. The van der Waals surface area contributed by atoms with Crippen molar-refractivity contribution in [1.82, 2.24) is 9.97 Å². The van der Waals surface area contributed by atoms with E-state index in [0.717, 1.165) is 21.9 Å². The van der Waals surface area contributed by atoms with E-state index in [-0.39, 0.29) is 16.0 Å². The van der Waals surface area contributed by atoms with E-state index < -0.39 is 0 Å². The molecule has 5 rings (SSSR count). The predicted octanol–water partition coefficient (Wildman–Crippen LogP) is 6.98. The van der Waals surface area contributed by atoms with Crippen LogP contribution in [0.15, 0.2) is 53.2 Å². The maximum absolute atomic E-state index is 13.0. The standard InChI is InChI=1S/C23H15Cl2N3O3S/c1-11-21(22(29)28-19-14(24)9-26-10-15(19)25)32-23(27-11)13-7-8-17(30-2)20-18(13)12-5-3-4-6-16(12)31-20/h3-10H,1-2H3,(H,26,28,29). The van der Waals surface area contributed by atoms with Crippen LogP contribution in [-0.4, -0.2) is 23.0 Å². The number of ether oxygens (including phenoxy) is 1. The second-order valence-electron chi connectivity index (χ2n) is 6.98. The van der Waals surface area contributed by atoms with E-state index in [1.165, 1.54) is 23.7 Å². The number of halogens is 2. The SMILES string of the molecule is COc1ccc(-c2nc(C)c(C(=O)Nc3c(Cl)cncc3Cl)s2)c2c1oc1ccccc12. The lowest BCUT2D eigenvalue weighted by atomic mass is 10.1. The highest BCUT2D eigenvalue weighted by Gasteiger charge is 2.22. The summed E-state index contributed by atoms with van der Waals surface area (Å²) < 4.78 is 11.6. The summed E-state index contributed by atoms with van der Waals surface area (Å²) in [7, 11) is 1.60. The zero-order chi connectivity index (χ0) is 22.4. The zero-order valence-corrected chi connectivity index (χ0v) is 19.2. The van der Waals surface area contributed by atoms with Crippen molar-refractivity contribution in [3.63, 3.8) is 0 Å². The number of furan rings is 1. The predicted molar refractivity (Wildman–Crippen MR) is 128 cm³/mol. The Bertz CT molecular complexity index is 1490. The number of benzene rings is 2. The van der Waals surface area contributed by atoms with Crippen LogP contribution in [0, 0.1) is 6.92 Å². The topological polar surface area (TPSA) is 77.2 Å². The van der Waals surface area contributed by atoms with Gasteiger partial charge >= 0.3 is 0 Å². The number of hydrogen-bond donors (Lipinski definition) is 1. The van der Waals surface area contributed by atoms with Crippen molar-refractivity contribution in [2.24, 2.45) is 0 Å². The van der Waals surface area contributed by atoms with Gasteiger partial charge in [-0.3, -0.25) is 9.78 Å². The van der Waals surface area contributed by atoms with Crippen molar-refractivity contribution < 1.29 is 13.9 Å². The van der Waals surface area contributed by atoms with E-state index in [9.17, 15) is 4.79 Å². The van der Waals surface area contributed by atoms with Crippen LogP contribution in [0.4, 0.5) is 5.69 Å². The van der Waals surface area contributed by atoms with Gasteiger partial charge in [0.05, 0.1) is 28.5 Å².